The molecule has 2 saturated heterocycles. The molecule has 2 aliphatic rings. The van der Waals surface area contributed by atoms with E-state index in [1.165, 1.54) is 12.8 Å². The van der Waals surface area contributed by atoms with Crippen molar-refractivity contribution in [3.63, 3.8) is 0 Å². The fourth-order valence-corrected chi connectivity index (χ4v) is 5.55. The van der Waals surface area contributed by atoms with E-state index < -0.39 is 0 Å². The van der Waals surface area contributed by atoms with Crippen LogP contribution < -0.4 is 0 Å². The second-order valence-corrected chi connectivity index (χ2v) is 9.34. The zero-order chi connectivity index (χ0) is 19.3. The molecule has 2 atom stereocenters. The van der Waals surface area contributed by atoms with Gasteiger partial charge in [-0.3, -0.25) is 9.69 Å². The molecule has 3 nitrogen and oxygen atoms in total. The van der Waals surface area contributed by atoms with Crippen molar-refractivity contribution in [1.82, 2.24) is 9.80 Å². The van der Waals surface area contributed by atoms with Gasteiger partial charge in [-0.15, -0.1) is 11.3 Å². The highest BCUT2D eigenvalue weighted by Crippen LogP contribution is 2.32. The number of nitrogens with zero attached hydrogens (tertiary/aromatic N) is 2. The predicted molar refractivity (Wildman–Crippen MR) is 118 cm³/mol. The molecule has 1 aromatic heterocycles. The Morgan fingerprint density at radius 3 is 2.79 bits per heavy atom. The van der Waals surface area contributed by atoms with Gasteiger partial charge >= 0.3 is 0 Å². The molecule has 0 saturated carbocycles. The Labute approximate surface area is 176 Å². The molecular formula is C23H27ClN2OS. The monoisotopic (exact) mass is 414 g/mol. The van der Waals surface area contributed by atoms with Crippen molar-refractivity contribution in [3.8, 4) is 0 Å². The summed E-state index contributed by atoms with van der Waals surface area (Å²) in [4.78, 5) is 18.5. The molecule has 0 aliphatic carbocycles. The number of piperidine rings is 2. The third-order valence-corrected chi connectivity index (χ3v) is 7.02. The summed E-state index contributed by atoms with van der Waals surface area (Å²) in [6.07, 6.45) is 6.07. The lowest BCUT2D eigenvalue weighted by Gasteiger charge is -2.47. The van der Waals surface area contributed by atoms with E-state index in [-0.39, 0.29) is 5.91 Å². The van der Waals surface area contributed by atoms with Crippen LogP contribution in [0.3, 0.4) is 0 Å². The van der Waals surface area contributed by atoms with Gasteiger partial charge in [-0.2, -0.15) is 0 Å². The molecule has 3 heterocycles. The van der Waals surface area contributed by atoms with Crippen LogP contribution >= 0.6 is 22.9 Å². The normalized spacial score (nSPS) is 23.5. The molecule has 5 heteroatoms. The van der Waals surface area contributed by atoms with E-state index in [0.717, 1.165) is 48.1 Å². The lowest BCUT2D eigenvalue weighted by atomic mass is 9.83. The summed E-state index contributed by atoms with van der Waals surface area (Å²) in [5.74, 6) is 0.844. The Balaban J connectivity index is 1.36. The quantitative estimate of drug-likeness (QED) is 0.695. The SMILES string of the molecule is O=C(Cc1cccs1)N1CC[C@H]2[C@H](CCCN2CC(Cl)=Cc2ccccc2)C1. The molecular weight excluding hydrogens is 388 g/mol. The van der Waals surface area contributed by atoms with E-state index >= 15 is 0 Å². The average Bonchev–Trinajstić information content (AvgIpc) is 3.21. The first-order valence-corrected chi connectivity index (χ1v) is 11.4. The van der Waals surface area contributed by atoms with Crippen LogP contribution in [0.1, 0.15) is 29.7 Å². The minimum absolute atomic E-state index is 0.278. The second-order valence-electron chi connectivity index (χ2n) is 7.83. The Bertz CT molecular complexity index is 805. The van der Waals surface area contributed by atoms with Gasteiger partial charge in [0.05, 0.1) is 6.42 Å². The number of carbonyl (C=O) groups is 1. The summed E-state index contributed by atoms with van der Waals surface area (Å²) in [6, 6.07) is 14.9. The number of thiophene rings is 1. The summed E-state index contributed by atoms with van der Waals surface area (Å²) < 4.78 is 0. The molecule has 1 aromatic carbocycles. The van der Waals surface area contributed by atoms with Crippen LogP contribution in [0.4, 0.5) is 0 Å². The van der Waals surface area contributed by atoms with Gasteiger partial charge in [-0.1, -0.05) is 48.0 Å². The van der Waals surface area contributed by atoms with Crippen LogP contribution in [0.15, 0.2) is 52.9 Å². The minimum Gasteiger partial charge on any atom is -0.342 e. The molecule has 0 radical (unpaired) electrons. The molecule has 0 spiro atoms. The van der Waals surface area contributed by atoms with Gasteiger partial charge in [0.15, 0.2) is 0 Å². The summed E-state index contributed by atoms with van der Waals surface area (Å²) >= 11 is 8.26. The number of hydrogen-bond acceptors (Lipinski definition) is 3. The van der Waals surface area contributed by atoms with Crippen LogP contribution in [0, 0.1) is 5.92 Å². The number of carbonyl (C=O) groups excluding carboxylic acids is 1. The van der Waals surface area contributed by atoms with Gasteiger partial charge in [0, 0.05) is 35.6 Å². The van der Waals surface area contributed by atoms with Gasteiger partial charge in [0.25, 0.3) is 0 Å². The number of benzene rings is 1. The molecule has 1 amide bonds. The van der Waals surface area contributed by atoms with Crippen molar-refractivity contribution in [2.75, 3.05) is 26.2 Å². The lowest BCUT2D eigenvalue weighted by molar-refractivity contribution is -0.134. The highest BCUT2D eigenvalue weighted by Gasteiger charge is 2.37. The fraction of sp³-hybridized carbons (Fsp3) is 0.435. The van der Waals surface area contributed by atoms with E-state index in [9.17, 15) is 4.79 Å². The standard InChI is InChI=1S/C23H27ClN2OS/c24-20(14-18-6-2-1-3-7-18)17-25-11-4-8-19-16-26(12-10-22(19)25)23(27)15-21-9-5-13-28-21/h1-3,5-7,9,13-14,19,22H,4,8,10-12,15-17H2/t19-,22+/m1/s1. The molecule has 2 aromatic rings. The number of fused-ring (bicyclic) bond motifs is 1. The highest BCUT2D eigenvalue weighted by molar-refractivity contribution is 7.10. The van der Waals surface area contributed by atoms with Crippen molar-refractivity contribution in [3.05, 3.63) is 63.3 Å². The van der Waals surface area contributed by atoms with Crippen molar-refractivity contribution >= 4 is 34.9 Å². The number of rotatable bonds is 5. The Hall–Kier alpha value is -1.62. The maximum absolute atomic E-state index is 12.7. The number of halogens is 1. The summed E-state index contributed by atoms with van der Waals surface area (Å²) in [7, 11) is 0. The minimum atomic E-state index is 0.278. The topological polar surface area (TPSA) is 23.6 Å². The largest absolute Gasteiger partial charge is 0.342 e. The second kappa shape index (κ2) is 9.25. The van der Waals surface area contributed by atoms with Crippen LogP contribution in [0.2, 0.25) is 0 Å². The molecule has 148 valence electrons. The van der Waals surface area contributed by atoms with Crippen molar-refractivity contribution in [1.29, 1.82) is 0 Å². The summed E-state index contributed by atoms with van der Waals surface area (Å²) in [5, 5.41) is 2.93. The maximum Gasteiger partial charge on any atom is 0.227 e. The lowest BCUT2D eigenvalue weighted by Crippen LogP contribution is -2.55. The highest BCUT2D eigenvalue weighted by atomic mass is 35.5. The van der Waals surface area contributed by atoms with Crippen LogP contribution in [0.5, 0.6) is 0 Å². The van der Waals surface area contributed by atoms with E-state index in [0.29, 0.717) is 18.4 Å². The van der Waals surface area contributed by atoms with Gasteiger partial charge in [-0.25, -0.2) is 0 Å². The first-order chi connectivity index (χ1) is 13.7. The first kappa shape index (κ1) is 19.7. The number of hydrogen-bond donors (Lipinski definition) is 0. The Kier molecular flexibility index (Phi) is 6.50. The Morgan fingerprint density at radius 2 is 2.00 bits per heavy atom. The third kappa shape index (κ3) is 4.86. The van der Waals surface area contributed by atoms with Crippen LogP contribution in [-0.4, -0.2) is 47.9 Å². The zero-order valence-corrected chi connectivity index (χ0v) is 17.7. The van der Waals surface area contributed by atoms with Gasteiger partial charge in [0.2, 0.25) is 5.91 Å². The van der Waals surface area contributed by atoms with Crippen LogP contribution in [-0.2, 0) is 11.2 Å². The average molecular weight is 415 g/mol. The van der Waals surface area contributed by atoms with Gasteiger partial charge < -0.3 is 4.90 Å². The van der Waals surface area contributed by atoms with E-state index in [4.69, 9.17) is 11.6 Å². The molecule has 0 unspecified atom stereocenters. The van der Waals surface area contributed by atoms with Crippen molar-refractivity contribution in [2.45, 2.75) is 31.7 Å². The molecule has 2 aliphatic heterocycles. The first-order valence-electron chi connectivity index (χ1n) is 10.1. The molecule has 0 N–H and O–H groups in total. The third-order valence-electron chi connectivity index (χ3n) is 5.92. The maximum atomic E-state index is 12.7. The predicted octanol–water partition coefficient (Wildman–Crippen LogP) is 4.88. The summed E-state index contributed by atoms with van der Waals surface area (Å²) in [5.41, 5.74) is 1.15. The van der Waals surface area contributed by atoms with Gasteiger partial charge in [-0.05, 0) is 54.8 Å². The van der Waals surface area contributed by atoms with E-state index in [1.807, 2.05) is 29.6 Å². The van der Waals surface area contributed by atoms with Crippen molar-refractivity contribution < 1.29 is 4.79 Å². The summed E-state index contributed by atoms with van der Waals surface area (Å²) in [6.45, 7) is 3.66. The van der Waals surface area contributed by atoms with Crippen molar-refractivity contribution in [2.24, 2.45) is 5.92 Å². The number of likely N-dealkylation sites (tertiary alicyclic amines) is 2. The molecule has 2 fully saturated rings. The van der Waals surface area contributed by atoms with Gasteiger partial charge in [0.1, 0.15) is 0 Å². The fourth-order valence-electron chi connectivity index (χ4n) is 4.57. The smallest absolute Gasteiger partial charge is 0.227 e. The Morgan fingerprint density at radius 1 is 1.14 bits per heavy atom. The van der Waals surface area contributed by atoms with E-state index in [2.05, 4.69) is 34.1 Å². The number of amides is 1. The molecule has 28 heavy (non-hydrogen) atoms. The van der Waals surface area contributed by atoms with E-state index in [1.54, 1.807) is 11.3 Å². The molecule has 4 rings (SSSR count). The molecule has 0 bridgehead atoms. The zero-order valence-electron chi connectivity index (χ0n) is 16.1. The van der Waals surface area contributed by atoms with Crippen LogP contribution in [0.25, 0.3) is 6.08 Å².